The Kier molecular flexibility index (Phi) is 8.70. The maximum atomic E-state index is 12.1. The van der Waals surface area contributed by atoms with Gasteiger partial charge in [0.2, 0.25) is 5.91 Å². The molecule has 1 amide bonds. The van der Waals surface area contributed by atoms with Crippen LogP contribution in [0.1, 0.15) is 12.0 Å². The third-order valence-corrected chi connectivity index (χ3v) is 3.45. The number of morpholine rings is 1. The Morgan fingerprint density at radius 2 is 2.29 bits per heavy atom. The summed E-state index contributed by atoms with van der Waals surface area (Å²) in [5.41, 5.74) is 1.85. The van der Waals surface area contributed by atoms with Crippen LogP contribution in [0.15, 0.2) is 36.9 Å². The number of anilines is 1. The van der Waals surface area contributed by atoms with E-state index in [9.17, 15) is 4.79 Å². The molecule has 7 nitrogen and oxygen atoms in total. The van der Waals surface area contributed by atoms with Crippen molar-refractivity contribution >= 4 is 36.4 Å². The molecule has 0 saturated carbocycles. The lowest BCUT2D eigenvalue weighted by molar-refractivity contribution is -0.117. The van der Waals surface area contributed by atoms with E-state index >= 15 is 0 Å². The average Bonchev–Trinajstić information content (AvgIpc) is 3.01. The van der Waals surface area contributed by atoms with Crippen molar-refractivity contribution in [3.05, 3.63) is 42.5 Å². The van der Waals surface area contributed by atoms with Crippen molar-refractivity contribution in [2.24, 2.45) is 0 Å². The van der Waals surface area contributed by atoms with E-state index in [0.29, 0.717) is 26.2 Å². The van der Waals surface area contributed by atoms with Crippen LogP contribution in [0.25, 0.3) is 0 Å². The third-order valence-electron chi connectivity index (χ3n) is 3.45. The smallest absolute Gasteiger partial charge is 0.226 e. The second kappa shape index (κ2) is 10.2. The number of ether oxygens (including phenoxy) is 1. The second-order valence-electron chi connectivity index (χ2n) is 5.27. The zero-order valence-corrected chi connectivity index (χ0v) is 14.7. The summed E-state index contributed by atoms with van der Waals surface area (Å²) in [7, 11) is 0. The number of hydrogen-bond acceptors (Lipinski definition) is 5. The molecule has 1 unspecified atom stereocenters. The number of nitrogens with zero attached hydrogens (tertiary/aromatic N) is 3. The molecule has 9 heteroatoms. The Morgan fingerprint density at radius 3 is 3.00 bits per heavy atom. The number of halogens is 2. The number of aromatic nitrogens is 3. The number of hydrogen-bond donors (Lipinski definition) is 2. The van der Waals surface area contributed by atoms with Crippen molar-refractivity contribution in [3.8, 4) is 0 Å². The molecule has 1 aromatic heterocycles. The second-order valence-corrected chi connectivity index (χ2v) is 5.27. The van der Waals surface area contributed by atoms with E-state index in [0.717, 1.165) is 17.8 Å². The highest BCUT2D eigenvalue weighted by molar-refractivity contribution is 5.91. The fourth-order valence-corrected chi connectivity index (χ4v) is 2.44. The van der Waals surface area contributed by atoms with Crippen molar-refractivity contribution < 1.29 is 9.53 Å². The van der Waals surface area contributed by atoms with Crippen LogP contribution in [0.3, 0.4) is 0 Å². The van der Waals surface area contributed by atoms with Crippen LogP contribution in [0.4, 0.5) is 5.69 Å². The maximum absolute atomic E-state index is 12.1. The molecule has 24 heavy (non-hydrogen) atoms. The van der Waals surface area contributed by atoms with Crippen molar-refractivity contribution in [1.82, 2.24) is 20.1 Å². The minimum Gasteiger partial charge on any atom is -0.378 e. The van der Waals surface area contributed by atoms with Gasteiger partial charge in [0.1, 0.15) is 12.7 Å². The highest BCUT2D eigenvalue weighted by atomic mass is 35.5. The van der Waals surface area contributed by atoms with E-state index in [-0.39, 0.29) is 36.8 Å². The Labute approximate surface area is 153 Å². The largest absolute Gasteiger partial charge is 0.378 e. The van der Waals surface area contributed by atoms with Gasteiger partial charge in [-0.25, -0.2) is 9.67 Å². The molecule has 132 valence electrons. The standard InChI is InChI=1S/C15H19N5O2.2ClH/c21-15(7-14-9-22-5-4-17-14)19-13-3-1-2-12(6-13)8-20-11-16-10-18-20;;/h1-3,6,10-11,14,17H,4-5,7-9H2,(H,19,21);2*1H. The zero-order valence-electron chi connectivity index (χ0n) is 13.1. The van der Waals surface area contributed by atoms with Crippen molar-refractivity contribution in [1.29, 1.82) is 0 Å². The normalized spacial score (nSPS) is 16.6. The molecule has 2 N–H and O–H groups in total. The monoisotopic (exact) mass is 373 g/mol. The van der Waals surface area contributed by atoms with E-state index in [1.807, 2.05) is 24.3 Å². The highest BCUT2D eigenvalue weighted by Crippen LogP contribution is 2.12. The molecule has 2 heterocycles. The van der Waals surface area contributed by atoms with Crippen LogP contribution in [0, 0.1) is 0 Å². The van der Waals surface area contributed by atoms with Gasteiger partial charge >= 0.3 is 0 Å². The quantitative estimate of drug-likeness (QED) is 0.829. The van der Waals surface area contributed by atoms with Crippen LogP contribution in [0.2, 0.25) is 0 Å². The fourth-order valence-electron chi connectivity index (χ4n) is 2.44. The zero-order chi connectivity index (χ0) is 15.2. The van der Waals surface area contributed by atoms with E-state index < -0.39 is 0 Å². The van der Waals surface area contributed by atoms with E-state index in [1.165, 1.54) is 6.33 Å². The summed E-state index contributed by atoms with van der Waals surface area (Å²) in [6, 6.07) is 7.84. The molecule has 1 aromatic carbocycles. The van der Waals surface area contributed by atoms with Crippen molar-refractivity contribution in [3.63, 3.8) is 0 Å². The van der Waals surface area contributed by atoms with Crippen LogP contribution in [0.5, 0.6) is 0 Å². The Morgan fingerprint density at radius 1 is 1.42 bits per heavy atom. The lowest BCUT2D eigenvalue weighted by atomic mass is 10.1. The molecule has 1 saturated heterocycles. The van der Waals surface area contributed by atoms with Gasteiger partial charge in [0.25, 0.3) is 0 Å². The van der Waals surface area contributed by atoms with Gasteiger partial charge in [-0.05, 0) is 17.7 Å². The molecule has 0 bridgehead atoms. The lowest BCUT2D eigenvalue weighted by Crippen LogP contribution is -2.43. The minimum absolute atomic E-state index is 0. The van der Waals surface area contributed by atoms with Crippen LogP contribution in [-0.2, 0) is 16.1 Å². The number of carbonyl (C=O) groups is 1. The Balaban J connectivity index is 0.00000144. The van der Waals surface area contributed by atoms with Gasteiger partial charge in [-0.1, -0.05) is 12.1 Å². The van der Waals surface area contributed by atoms with Crippen molar-refractivity contribution in [2.45, 2.75) is 19.0 Å². The number of amides is 1. The maximum Gasteiger partial charge on any atom is 0.226 e. The topological polar surface area (TPSA) is 81.1 Å². The van der Waals surface area contributed by atoms with Gasteiger partial charge in [0, 0.05) is 24.7 Å². The van der Waals surface area contributed by atoms with Gasteiger partial charge in [-0.2, -0.15) is 5.10 Å². The van der Waals surface area contributed by atoms with Gasteiger partial charge in [0.15, 0.2) is 0 Å². The number of nitrogens with one attached hydrogen (secondary N) is 2. The van der Waals surface area contributed by atoms with E-state index in [1.54, 1.807) is 11.0 Å². The number of benzene rings is 1. The SMILES string of the molecule is Cl.Cl.O=C(CC1COCCN1)Nc1cccc(Cn2cncn2)c1. The van der Waals surface area contributed by atoms with E-state index in [4.69, 9.17) is 4.74 Å². The van der Waals surface area contributed by atoms with Crippen LogP contribution < -0.4 is 10.6 Å². The predicted molar refractivity (Wildman–Crippen MR) is 95.9 cm³/mol. The molecular formula is C15H21Cl2N5O2. The van der Waals surface area contributed by atoms with Gasteiger partial charge in [-0.3, -0.25) is 4.79 Å². The number of carbonyl (C=O) groups excluding carboxylic acids is 1. The fraction of sp³-hybridized carbons (Fsp3) is 0.400. The average molecular weight is 374 g/mol. The van der Waals surface area contributed by atoms with Gasteiger partial charge in [0.05, 0.1) is 19.8 Å². The molecule has 0 radical (unpaired) electrons. The highest BCUT2D eigenvalue weighted by Gasteiger charge is 2.16. The third kappa shape index (κ3) is 6.09. The summed E-state index contributed by atoms with van der Waals surface area (Å²) >= 11 is 0. The summed E-state index contributed by atoms with van der Waals surface area (Å²) in [5.74, 6) is -0.0131. The summed E-state index contributed by atoms with van der Waals surface area (Å²) in [6.45, 7) is 2.72. The minimum atomic E-state index is -0.0131. The molecule has 2 aromatic rings. The summed E-state index contributed by atoms with van der Waals surface area (Å²) < 4.78 is 7.09. The molecular weight excluding hydrogens is 353 g/mol. The first-order valence-electron chi connectivity index (χ1n) is 7.32. The van der Waals surface area contributed by atoms with Gasteiger partial charge in [-0.15, -0.1) is 24.8 Å². The molecule has 0 aliphatic carbocycles. The molecule has 1 aliphatic heterocycles. The molecule has 1 fully saturated rings. The van der Waals surface area contributed by atoms with Crippen LogP contribution in [-0.4, -0.2) is 46.5 Å². The first-order valence-corrected chi connectivity index (χ1v) is 7.32. The first kappa shape index (κ1) is 20.4. The molecule has 0 spiro atoms. The summed E-state index contributed by atoms with van der Waals surface area (Å²) in [4.78, 5) is 16.0. The van der Waals surface area contributed by atoms with Crippen LogP contribution >= 0.6 is 24.8 Å². The summed E-state index contributed by atoms with van der Waals surface area (Å²) in [6.07, 6.45) is 3.58. The van der Waals surface area contributed by atoms with Gasteiger partial charge < -0.3 is 15.4 Å². The lowest BCUT2D eigenvalue weighted by Gasteiger charge is -2.23. The number of rotatable bonds is 5. The predicted octanol–water partition coefficient (Wildman–Crippen LogP) is 1.49. The Hall–Kier alpha value is -1.67. The van der Waals surface area contributed by atoms with E-state index in [2.05, 4.69) is 20.7 Å². The molecule has 1 aliphatic rings. The molecule has 1 atom stereocenters. The Bertz CT molecular complexity index is 618. The summed E-state index contributed by atoms with van der Waals surface area (Å²) in [5, 5.41) is 10.3. The first-order chi connectivity index (χ1) is 10.8. The van der Waals surface area contributed by atoms with Crippen molar-refractivity contribution in [2.75, 3.05) is 25.1 Å². The molecule has 3 rings (SSSR count).